The molecule has 2 aromatic rings. The first kappa shape index (κ1) is 30.9. The van der Waals surface area contributed by atoms with Crippen molar-refractivity contribution >= 4 is 22.7 Å². The molecule has 0 aliphatic carbocycles. The molecule has 3 saturated heterocycles. The van der Waals surface area contributed by atoms with Gasteiger partial charge in [0.05, 0.1) is 18.2 Å². The molecular weight excluding hydrogens is 520 g/mol. The number of hydrogen-bond donors (Lipinski definition) is 1. The first-order chi connectivity index (χ1) is 20.4. The Morgan fingerprint density at radius 3 is 2.31 bits per heavy atom. The summed E-state index contributed by atoms with van der Waals surface area (Å²) < 4.78 is 5.86. The van der Waals surface area contributed by atoms with Gasteiger partial charge in [0.15, 0.2) is 0 Å². The van der Waals surface area contributed by atoms with Crippen molar-refractivity contribution in [1.82, 2.24) is 19.8 Å². The lowest BCUT2D eigenvalue weighted by Crippen LogP contribution is -2.42. The number of hydrogen-bond acceptors (Lipinski definition) is 7. The van der Waals surface area contributed by atoms with Gasteiger partial charge in [0.1, 0.15) is 11.6 Å². The molecule has 7 heteroatoms. The normalized spacial score (nSPS) is 23.0. The summed E-state index contributed by atoms with van der Waals surface area (Å²) in [5, 5.41) is 4.86. The molecule has 1 N–H and O–H groups in total. The maximum atomic E-state index is 5.86. The second-order valence-corrected chi connectivity index (χ2v) is 13.3. The molecule has 2 unspecified atom stereocenters. The van der Waals surface area contributed by atoms with E-state index >= 15 is 0 Å². The molecule has 3 aliphatic heterocycles. The van der Waals surface area contributed by atoms with Crippen LogP contribution >= 0.6 is 0 Å². The van der Waals surface area contributed by atoms with Crippen LogP contribution in [0.25, 0.3) is 10.9 Å². The predicted molar refractivity (Wildman–Crippen MR) is 176 cm³/mol. The molecule has 0 amide bonds. The average molecular weight is 575 g/mol. The fraction of sp³-hybridized carbons (Fsp3) is 0.714. The first-order valence-corrected chi connectivity index (χ1v) is 16.8. The van der Waals surface area contributed by atoms with Crippen molar-refractivity contribution in [3.8, 4) is 17.6 Å². The number of nitrogens with one attached hydrogen (secondary N) is 1. The van der Waals surface area contributed by atoms with Crippen molar-refractivity contribution in [1.29, 1.82) is 0 Å². The summed E-state index contributed by atoms with van der Waals surface area (Å²) in [7, 11) is 1.74. The minimum absolute atomic E-state index is 0.411. The quantitative estimate of drug-likeness (QED) is 0.289. The zero-order valence-corrected chi connectivity index (χ0v) is 26.9. The van der Waals surface area contributed by atoms with Gasteiger partial charge in [0.25, 0.3) is 0 Å². The lowest BCUT2D eigenvalue weighted by Gasteiger charge is -2.35. The van der Waals surface area contributed by atoms with Crippen molar-refractivity contribution < 1.29 is 4.74 Å². The number of methoxy groups -OCH3 is 1. The number of benzene rings is 1. The molecule has 7 nitrogen and oxygen atoms in total. The molecule has 2 atom stereocenters. The van der Waals surface area contributed by atoms with Crippen LogP contribution in [0.5, 0.6) is 5.75 Å². The Kier molecular flexibility index (Phi) is 10.8. The average Bonchev–Trinajstić information content (AvgIpc) is 3.17. The molecule has 4 heterocycles. The van der Waals surface area contributed by atoms with E-state index < -0.39 is 0 Å². The Morgan fingerprint density at radius 2 is 1.64 bits per heavy atom. The second kappa shape index (κ2) is 14.8. The van der Waals surface area contributed by atoms with Gasteiger partial charge in [-0.25, -0.2) is 4.98 Å². The summed E-state index contributed by atoms with van der Waals surface area (Å²) in [4.78, 5) is 17.8. The van der Waals surface area contributed by atoms with E-state index in [0.717, 1.165) is 104 Å². The van der Waals surface area contributed by atoms with Gasteiger partial charge in [-0.05, 0) is 109 Å². The van der Waals surface area contributed by atoms with E-state index in [1.165, 1.54) is 45.2 Å². The van der Waals surface area contributed by atoms with Crippen LogP contribution in [0.3, 0.4) is 0 Å². The monoisotopic (exact) mass is 574 g/mol. The Bertz CT molecular complexity index is 1210. The standard InChI is InChI=1S/C35H54N6O/c1-26(2)40-22-15-30(16-23-40)36-34-31-25-33(42-5)29(24-32(31)37-35(38-34)41-18-10-7-11-19-41)12-8-6-9-17-39-20-13-27(3)28(4)14-21-39/h24-28,30H,6-7,9-11,13-23H2,1-5H3,(H,36,37,38). The van der Waals surface area contributed by atoms with Crippen LogP contribution < -0.4 is 15.0 Å². The van der Waals surface area contributed by atoms with Gasteiger partial charge in [-0.1, -0.05) is 25.7 Å². The molecule has 0 spiro atoms. The minimum atomic E-state index is 0.411. The highest BCUT2D eigenvalue weighted by Gasteiger charge is 2.24. The molecule has 3 aliphatic rings. The molecule has 1 aromatic carbocycles. The summed E-state index contributed by atoms with van der Waals surface area (Å²) in [6, 6.07) is 5.24. The lowest BCUT2D eigenvalue weighted by atomic mass is 9.92. The van der Waals surface area contributed by atoms with Gasteiger partial charge in [0.2, 0.25) is 5.95 Å². The Balaban J connectivity index is 1.33. The third-order valence-electron chi connectivity index (χ3n) is 10.0. The highest BCUT2D eigenvalue weighted by molar-refractivity contribution is 5.93. The van der Waals surface area contributed by atoms with E-state index in [4.69, 9.17) is 14.7 Å². The lowest BCUT2D eigenvalue weighted by molar-refractivity contribution is 0.177. The third kappa shape index (κ3) is 7.88. The molecule has 230 valence electrons. The zero-order valence-electron chi connectivity index (χ0n) is 26.9. The smallest absolute Gasteiger partial charge is 0.227 e. The Hall–Kier alpha value is -2.56. The van der Waals surface area contributed by atoms with Crippen LogP contribution in [0, 0.1) is 23.7 Å². The summed E-state index contributed by atoms with van der Waals surface area (Å²) in [5.74, 6) is 11.1. The van der Waals surface area contributed by atoms with E-state index in [2.05, 4.69) is 71.7 Å². The van der Waals surface area contributed by atoms with E-state index in [1.54, 1.807) is 7.11 Å². The number of rotatable bonds is 8. The number of nitrogens with zero attached hydrogens (tertiary/aromatic N) is 5. The first-order valence-electron chi connectivity index (χ1n) is 16.8. The summed E-state index contributed by atoms with van der Waals surface area (Å²) in [5.41, 5.74) is 1.87. The van der Waals surface area contributed by atoms with Crippen molar-refractivity contribution in [2.45, 2.75) is 97.6 Å². The van der Waals surface area contributed by atoms with Gasteiger partial charge in [-0.2, -0.15) is 4.98 Å². The van der Waals surface area contributed by atoms with Crippen LogP contribution in [-0.2, 0) is 0 Å². The third-order valence-corrected chi connectivity index (χ3v) is 10.0. The SMILES string of the molecule is COc1cc2c(NC3CCN(C(C)C)CC3)nc(N3CCCCC3)nc2cc1C#CCCCN1CCC(C)C(C)CC1. The van der Waals surface area contributed by atoms with Crippen LogP contribution in [0.4, 0.5) is 11.8 Å². The summed E-state index contributed by atoms with van der Waals surface area (Å²) >= 11 is 0. The van der Waals surface area contributed by atoms with Crippen molar-refractivity contribution in [3.63, 3.8) is 0 Å². The van der Waals surface area contributed by atoms with Crippen LogP contribution in [0.15, 0.2) is 12.1 Å². The van der Waals surface area contributed by atoms with E-state index in [-0.39, 0.29) is 0 Å². The van der Waals surface area contributed by atoms with Crippen molar-refractivity contribution in [3.05, 3.63) is 17.7 Å². The van der Waals surface area contributed by atoms with Crippen molar-refractivity contribution in [2.75, 3.05) is 63.1 Å². The topological polar surface area (TPSA) is 56.8 Å². The maximum Gasteiger partial charge on any atom is 0.227 e. The molecule has 1 aromatic heterocycles. The zero-order chi connectivity index (χ0) is 29.5. The van der Waals surface area contributed by atoms with Gasteiger partial charge in [-0.15, -0.1) is 0 Å². The molecule has 3 fully saturated rings. The number of ether oxygens (including phenoxy) is 1. The molecule has 42 heavy (non-hydrogen) atoms. The maximum absolute atomic E-state index is 5.86. The second-order valence-electron chi connectivity index (χ2n) is 13.3. The van der Waals surface area contributed by atoms with Gasteiger partial charge in [0, 0.05) is 50.1 Å². The van der Waals surface area contributed by atoms with Crippen LogP contribution in [0.2, 0.25) is 0 Å². The van der Waals surface area contributed by atoms with Crippen LogP contribution in [0.1, 0.15) is 91.0 Å². The van der Waals surface area contributed by atoms with Gasteiger partial charge < -0.3 is 24.8 Å². The molecule has 5 rings (SSSR count). The Labute approximate surface area is 254 Å². The van der Waals surface area contributed by atoms with Crippen molar-refractivity contribution in [2.24, 2.45) is 11.8 Å². The molecule has 0 radical (unpaired) electrons. The Morgan fingerprint density at radius 1 is 0.929 bits per heavy atom. The highest BCUT2D eigenvalue weighted by Crippen LogP contribution is 2.32. The van der Waals surface area contributed by atoms with Gasteiger partial charge in [-0.3, -0.25) is 0 Å². The molecular formula is C35H54N6O. The number of fused-ring (bicyclic) bond motifs is 1. The number of piperidine rings is 2. The molecule has 0 saturated carbocycles. The number of unbranched alkanes of at least 4 members (excludes halogenated alkanes) is 1. The minimum Gasteiger partial charge on any atom is -0.495 e. The number of anilines is 2. The summed E-state index contributed by atoms with van der Waals surface area (Å²) in [6.07, 6.45) is 10.6. The number of likely N-dealkylation sites (tertiary alicyclic amines) is 2. The molecule has 0 bridgehead atoms. The highest BCUT2D eigenvalue weighted by atomic mass is 16.5. The van der Waals surface area contributed by atoms with E-state index in [9.17, 15) is 0 Å². The largest absolute Gasteiger partial charge is 0.495 e. The van der Waals surface area contributed by atoms with E-state index in [1.807, 2.05) is 0 Å². The fourth-order valence-corrected chi connectivity index (χ4v) is 6.73. The summed E-state index contributed by atoms with van der Waals surface area (Å²) in [6.45, 7) is 17.3. The predicted octanol–water partition coefficient (Wildman–Crippen LogP) is 6.41. The van der Waals surface area contributed by atoms with Gasteiger partial charge >= 0.3 is 0 Å². The van der Waals surface area contributed by atoms with E-state index in [0.29, 0.717) is 12.1 Å². The fourth-order valence-electron chi connectivity index (χ4n) is 6.73. The number of aromatic nitrogens is 2. The van der Waals surface area contributed by atoms with Crippen LogP contribution in [-0.4, -0.2) is 84.8 Å².